The molecule has 2 N–H and O–H groups in total. The number of alkyl halides is 3. The maximum Gasteiger partial charge on any atom is 0.417 e. The van der Waals surface area contributed by atoms with Crippen LogP contribution in [0.5, 0.6) is 5.75 Å². The van der Waals surface area contributed by atoms with Gasteiger partial charge in [0.1, 0.15) is 11.3 Å². The number of phenolic OH excluding ortho intramolecular Hbond substituents is 1. The van der Waals surface area contributed by atoms with E-state index >= 15 is 0 Å². The molecule has 0 aliphatic carbocycles. The minimum atomic E-state index is -4.53. The highest BCUT2D eigenvalue weighted by Gasteiger charge is 2.32. The van der Waals surface area contributed by atoms with E-state index < -0.39 is 17.6 Å². The second-order valence-corrected chi connectivity index (χ2v) is 5.49. The molecule has 0 aliphatic rings. The van der Waals surface area contributed by atoms with Gasteiger partial charge < -0.3 is 9.52 Å². The second-order valence-electron chi connectivity index (χ2n) is 5.49. The van der Waals surface area contributed by atoms with Crippen molar-refractivity contribution in [3.63, 3.8) is 0 Å². The number of nitrogens with zero attached hydrogens (tertiary/aromatic N) is 1. The predicted molar refractivity (Wildman–Crippen MR) is 89.1 cm³/mol. The molecule has 3 aromatic rings. The first-order valence-corrected chi connectivity index (χ1v) is 7.49. The Bertz CT molecular complexity index is 1010. The van der Waals surface area contributed by atoms with Crippen LogP contribution in [0.2, 0.25) is 0 Å². The number of aryl methyl sites for hydroxylation is 1. The van der Waals surface area contributed by atoms with Crippen molar-refractivity contribution in [1.29, 1.82) is 0 Å². The van der Waals surface area contributed by atoms with E-state index in [4.69, 9.17) is 4.42 Å². The van der Waals surface area contributed by atoms with Gasteiger partial charge in [-0.2, -0.15) is 18.3 Å². The molecule has 26 heavy (non-hydrogen) atoms. The summed E-state index contributed by atoms with van der Waals surface area (Å²) in [6, 6.07) is 9.47. The van der Waals surface area contributed by atoms with E-state index in [2.05, 4.69) is 10.5 Å². The Kier molecular flexibility index (Phi) is 4.41. The lowest BCUT2D eigenvalue weighted by Crippen LogP contribution is -2.18. The Labute approximate surface area is 145 Å². The van der Waals surface area contributed by atoms with Crippen LogP contribution in [0.25, 0.3) is 11.0 Å². The Morgan fingerprint density at radius 3 is 2.62 bits per heavy atom. The van der Waals surface area contributed by atoms with Crippen molar-refractivity contribution < 1.29 is 27.5 Å². The molecule has 0 aliphatic heterocycles. The fourth-order valence-electron chi connectivity index (χ4n) is 2.58. The Morgan fingerprint density at radius 2 is 1.92 bits per heavy atom. The summed E-state index contributed by atoms with van der Waals surface area (Å²) in [4.78, 5) is 12.2. The third kappa shape index (κ3) is 3.26. The average molecular weight is 362 g/mol. The topological polar surface area (TPSA) is 74.8 Å². The van der Waals surface area contributed by atoms with E-state index in [1.54, 1.807) is 19.1 Å². The molecule has 1 aromatic heterocycles. The van der Waals surface area contributed by atoms with Crippen molar-refractivity contribution in [2.75, 3.05) is 0 Å². The summed E-state index contributed by atoms with van der Waals surface area (Å²) in [7, 11) is 0. The Hall–Kier alpha value is -3.29. The summed E-state index contributed by atoms with van der Waals surface area (Å²) in [5, 5.41) is 13.8. The monoisotopic (exact) mass is 362 g/mol. The summed E-state index contributed by atoms with van der Waals surface area (Å²) in [5.74, 6) is -0.855. The average Bonchev–Trinajstić information content (AvgIpc) is 2.92. The summed E-state index contributed by atoms with van der Waals surface area (Å²) in [6.07, 6.45) is -3.62. The van der Waals surface area contributed by atoms with E-state index in [1.807, 2.05) is 0 Å². The molecule has 0 saturated heterocycles. The molecule has 134 valence electrons. The number of carbonyl (C=O) groups excluding carboxylic acids is 1. The van der Waals surface area contributed by atoms with E-state index in [0.29, 0.717) is 16.5 Å². The third-order valence-corrected chi connectivity index (χ3v) is 3.77. The van der Waals surface area contributed by atoms with Gasteiger partial charge >= 0.3 is 12.1 Å². The number of nitrogens with one attached hydrogen (secondary N) is 1. The number of halogens is 3. The predicted octanol–water partition coefficient (Wildman–Crippen LogP) is 4.23. The standard InChI is InChI=1S/C18H13F3N2O3/c1-10-15-13(24)7-4-8-14(15)26-16(10)17(25)23-22-9-11-5-2-3-6-12(11)18(19,20)21/h2-9,24H,1H3,(H,23,25). The van der Waals surface area contributed by atoms with Gasteiger partial charge in [0, 0.05) is 11.1 Å². The molecular formula is C18H13F3N2O3. The van der Waals surface area contributed by atoms with Crippen LogP contribution in [0.3, 0.4) is 0 Å². The lowest BCUT2D eigenvalue weighted by molar-refractivity contribution is -0.137. The van der Waals surface area contributed by atoms with Crippen molar-refractivity contribution in [3.05, 3.63) is 64.9 Å². The van der Waals surface area contributed by atoms with E-state index in [-0.39, 0.29) is 17.1 Å². The number of furan rings is 1. The van der Waals surface area contributed by atoms with Gasteiger partial charge in [-0.05, 0) is 25.1 Å². The van der Waals surface area contributed by atoms with Crippen LogP contribution < -0.4 is 5.43 Å². The number of fused-ring (bicyclic) bond motifs is 1. The van der Waals surface area contributed by atoms with Crippen LogP contribution in [0.1, 0.15) is 27.2 Å². The molecular weight excluding hydrogens is 349 g/mol. The molecule has 2 aromatic carbocycles. The summed E-state index contributed by atoms with van der Waals surface area (Å²) in [6.45, 7) is 1.59. The Morgan fingerprint density at radius 1 is 1.19 bits per heavy atom. The third-order valence-electron chi connectivity index (χ3n) is 3.77. The van der Waals surface area contributed by atoms with Crippen LogP contribution >= 0.6 is 0 Å². The molecule has 0 fully saturated rings. The molecule has 3 rings (SSSR count). The molecule has 1 heterocycles. The van der Waals surface area contributed by atoms with Crippen molar-refractivity contribution >= 4 is 23.1 Å². The van der Waals surface area contributed by atoms with Crippen LogP contribution in [0.15, 0.2) is 52.0 Å². The number of hydrazone groups is 1. The number of phenols is 1. The van der Waals surface area contributed by atoms with E-state index in [0.717, 1.165) is 12.3 Å². The highest BCUT2D eigenvalue weighted by molar-refractivity contribution is 6.00. The minimum absolute atomic E-state index is 0.0367. The van der Waals surface area contributed by atoms with Gasteiger partial charge in [-0.25, -0.2) is 5.43 Å². The first-order chi connectivity index (χ1) is 12.3. The lowest BCUT2D eigenvalue weighted by Gasteiger charge is -2.09. The molecule has 1 amide bonds. The summed E-state index contributed by atoms with van der Waals surface area (Å²) < 4.78 is 44.2. The number of amides is 1. The highest BCUT2D eigenvalue weighted by atomic mass is 19.4. The van der Waals surface area contributed by atoms with Crippen LogP contribution in [-0.2, 0) is 6.18 Å². The van der Waals surface area contributed by atoms with Gasteiger partial charge in [-0.15, -0.1) is 0 Å². The van der Waals surface area contributed by atoms with Crippen LogP contribution in [-0.4, -0.2) is 17.2 Å². The molecule has 0 atom stereocenters. The van der Waals surface area contributed by atoms with E-state index in [9.17, 15) is 23.1 Å². The highest BCUT2D eigenvalue weighted by Crippen LogP contribution is 2.32. The van der Waals surface area contributed by atoms with Gasteiger partial charge in [-0.1, -0.05) is 24.3 Å². The largest absolute Gasteiger partial charge is 0.507 e. The van der Waals surface area contributed by atoms with E-state index in [1.165, 1.54) is 24.3 Å². The fraction of sp³-hybridized carbons (Fsp3) is 0.111. The van der Waals surface area contributed by atoms with Crippen molar-refractivity contribution in [2.24, 2.45) is 5.10 Å². The quantitative estimate of drug-likeness (QED) is 0.541. The zero-order chi connectivity index (χ0) is 18.9. The normalized spacial score (nSPS) is 12.0. The zero-order valence-electron chi connectivity index (χ0n) is 13.5. The molecule has 0 spiro atoms. The molecule has 0 unspecified atom stereocenters. The van der Waals surface area contributed by atoms with Gasteiger partial charge in [0.25, 0.3) is 0 Å². The first-order valence-electron chi connectivity index (χ1n) is 7.49. The Balaban J connectivity index is 1.83. The van der Waals surface area contributed by atoms with Crippen LogP contribution in [0.4, 0.5) is 13.2 Å². The summed E-state index contributed by atoms with van der Waals surface area (Å²) >= 11 is 0. The number of carbonyl (C=O) groups is 1. The number of hydrogen-bond donors (Lipinski definition) is 2. The minimum Gasteiger partial charge on any atom is -0.507 e. The number of rotatable bonds is 3. The molecule has 0 radical (unpaired) electrons. The van der Waals surface area contributed by atoms with Crippen molar-refractivity contribution in [1.82, 2.24) is 5.43 Å². The van der Waals surface area contributed by atoms with Gasteiger partial charge in [0.15, 0.2) is 5.76 Å². The smallest absolute Gasteiger partial charge is 0.417 e. The van der Waals surface area contributed by atoms with Gasteiger partial charge in [0.05, 0.1) is 17.2 Å². The number of benzene rings is 2. The fourth-order valence-corrected chi connectivity index (χ4v) is 2.58. The first kappa shape index (κ1) is 17.5. The van der Waals surface area contributed by atoms with Gasteiger partial charge in [-0.3, -0.25) is 4.79 Å². The van der Waals surface area contributed by atoms with Gasteiger partial charge in [0.2, 0.25) is 0 Å². The van der Waals surface area contributed by atoms with Crippen LogP contribution in [0, 0.1) is 6.92 Å². The lowest BCUT2D eigenvalue weighted by atomic mass is 10.1. The molecule has 8 heteroatoms. The van der Waals surface area contributed by atoms with Crippen molar-refractivity contribution in [3.8, 4) is 5.75 Å². The number of hydrogen-bond acceptors (Lipinski definition) is 4. The maximum absolute atomic E-state index is 12.9. The summed E-state index contributed by atoms with van der Waals surface area (Å²) in [5.41, 5.74) is 1.82. The second kappa shape index (κ2) is 6.55. The number of aromatic hydroxyl groups is 1. The zero-order valence-corrected chi connectivity index (χ0v) is 13.5. The molecule has 0 saturated carbocycles. The van der Waals surface area contributed by atoms with Crippen molar-refractivity contribution in [2.45, 2.75) is 13.1 Å². The maximum atomic E-state index is 12.9. The molecule has 0 bridgehead atoms. The SMILES string of the molecule is Cc1c(C(=O)NN=Cc2ccccc2C(F)(F)F)oc2cccc(O)c12. The molecule has 5 nitrogen and oxygen atoms in total.